The maximum Gasteiger partial charge on any atom is 0.314 e. The quantitative estimate of drug-likeness (QED) is 0.760. The lowest BCUT2D eigenvalue weighted by molar-refractivity contribution is -0.142. The molecule has 1 amide bonds. The Hall–Kier alpha value is -1.88. The molecule has 0 spiro atoms. The highest BCUT2D eigenvalue weighted by atomic mass is 16.5. The number of nitrogens with two attached hydrogens (primary N) is 1. The summed E-state index contributed by atoms with van der Waals surface area (Å²) in [6.07, 6.45) is 0. The summed E-state index contributed by atoms with van der Waals surface area (Å²) in [4.78, 5) is 22.3. The van der Waals surface area contributed by atoms with E-state index in [0.29, 0.717) is 5.69 Å². The van der Waals surface area contributed by atoms with Crippen molar-refractivity contribution in [3.63, 3.8) is 0 Å². The van der Waals surface area contributed by atoms with Crippen LogP contribution in [0, 0.1) is 0 Å². The molecule has 0 aliphatic heterocycles. The average molecular weight is 236 g/mol. The number of anilines is 1. The summed E-state index contributed by atoms with van der Waals surface area (Å²) < 4.78 is 4.66. The summed E-state index contributed by atoms with van der Waals surface area (Å²) in [5.41, 5.74) is 6.98. The maximum absolute atomic E-state index is 11.4. The van der Waals surface area contributed by atoms with E-state index in [2.05, 4.69) is 10.1 Å². The van der Waals surface area contributed by atoms with Crippen molar-refractivity contribution >= 4 is 17.6 Å². The lowest BCUT2D eigenvalue weighted by atomic mass is 9.99. The number of rotatable bonds is 4. The summed E-state index contributed by atoms with van der Waals surface area (Å²) in [7, 11) is 1.33. The Morgan fingerprint density at radius 3 is 2.35 bits per heavy atom. The fraction of sp³-hybridized carbons (Fsp3) is 0.333. The third-order valence-electron chi connectivity index (χ3n) is 2.35. The standard InChI is InChI=1S/C12H16N2O3/c1-8(15)14-10-5-3-9(4-6-10)11(7-13)12(16)17-2/h3-6,11H,7,13H2,1-2H3,(H,14,15). The Morgan fingerprint density at radius 2 is 1.94 bits per heavy atom. The highest BCUT2D eigenvalue weighted by Gasteiger charge is 2.19. The van der Waals surface area contributed by atoms with Gasteiger partial charge in [0.15, 0.2) is 0 Å². The van der Waals surface area contributed by atoms with Crippen LogP contribution in [0.4, 0.5) is 5.69 Å². The van der Waals surface area contributed by atoms with E-state index in [0.717, 1.165) is 5.56 Å². The van der Waals surface area contributed by atoms with Crippen molar-refractivity contribution in [3.05, 3.63) is 29.8 Å². The van der Waals surface area contributed by atoms with Crippen LogP contribution in [-0.2, 0) is 14.3 Å². The second-order valence-corrected chi connectivity index (χ2v) is 3.61. The minimum atomic E-state index is -0.466. The SMILES string of the molecule is COC(=O)C(CN)c1ccc(NC(C)=O)cc1. The zero-order valence-corrected chi connectivity index (χ0v) is 9.90. The Labute approximate surface area is 99.9 Å². The summed E-state index contributed by atoms with van der Waals surface area (Å²) in [5.74, 6) is -0.966. The van der Waals surface area contributed by atoms with Crippen LogP contribution < -0.4 is 11.1 Å². The van der Waals surface area contributed by atoms with Gasteiger partial charge < -0.3 is 15.8 Å². The lowest BCUT2D eigenvalue weighted by Gasteiger charge is -2.13. The van der Waals surface area contributed by atoms with Crippen molar-refractivity contribution in [2.24, 2.45) is 5.73 Å². The van der Waals surface area contributed by atoms with E-state index >= 15 is 0 Å². The van der Waals surface area contributed by atoms with Gasteiger partial charge in [-0.05, 0) is 17.7 Å². The summed E-state index contributed by atoms with van der Waals surface area (Å²) in [6, 6.07) is 6.95. The molecule has 0 aliphatic carbocycles. The van der Waals surface area contributed by atoms with E-state index in [9.17, 15) is 9.59 Å². The molecule has 5 heteroatoms. The molecule has 5 nitrogen and oxygen atoms in total. The molecule has 0 aliphatic rings. The van der Waals surface area contributed by atoms with Gasteiger partial charge in [-0.2, -0.15) is 0 Å². The summed E-state index contributed by atoms with van der Waals surface area (Å²) in [6.45, 7) is 1.62. The second kappa shape index (κ2) is 6.00. The Morgan fingerprint density at radius 1 is 1.35 bits per heavy atom. The zero-order chi connectivity index (χ0) is 12.8. The number of amides is 1. The van der Waals surface area contributed by atoms with Crippen molar-refractivity contribution in [1.82, 2.24) is 0 Å². The number of hydrogen-bond donors (Lipinski definition) is 2. The normalized spacial score (nSPS) is 11.7. The molecule has 1 aromatic rings. The van der Waals surface area contributed by atoms with Gasteiger partial charge in [-0.15, -0.1) is 0 Å². The van der Waals surface area contributed by atoms with E-state index in [1.54, 1.807) is 24.3 Å². The number of esters is 1. The molecule has 1 unspecified atom stereocenters. The third-order valence-corrected chi connectivity index (χ3v) is 2.35. The molecule has 0 aromatic heterocycles. The molecule has 92 valence electrons. The number of carbonyl (C=O) groups is 2. The molecule has 0 saturated heterocycles. The van der Waals surface area contributed by atoms with Crippen LogP contribution in [0.5, 0.6) is 0 Å². The monoisotopic (exact) mass is 236 g/mol. The first-order chi connectivity index (χ1) is 8.08. The maximum atomic E-state index is 11.4. The number of methoxy groups -OCH3 is 1. The molecule has 0 radical (unpaired) electrons. The van der Waals surface area contributed by atoms with E-state index < -0.39 is 5.92 Å². The van der Waals surface area contributed by atoms with Gasteiger partial charge >= 0.3 is 5.97 Å². The van der Waals surface area contributed by atoms with Crippen molar-refractivity contribution < 1.29 is 14.3 Å². The fourth-order valence-corrected chi connectivity index (χ4v) is 1.51. The molecule has 1 rings (SSSR count). The van der Waals surface area contributed by atoms with E-state index in [4.69, 9.17) is 5.73 Å². The summed E-state index contributed by atoms with van der Waals surface area (Å²) >= 11 is 0. The minimum absolute atomic E-state index is 0.138. The highest BCUT2D eigenvalue weighted by Crippen LogP contribution is 2.18. The first-order valence-corrected chi connectivity index (χ1v) is 5.24. The van der Waals surface area contributed by atoms with Gasteiger partial charge in [0.05, 0.1) is 13.0 Å². The van der Waals surface area contributed by atoms with Gasteiger partial charge in [0, 0.05) is 19.2 Å². The van der Waals surface area contributed by atoms with Gasteiger partial charge in [-0.1, -0.05) is 12.1 Å². The minimum Gasteiger partial charge on any atom is -0.469 e. The topological polar surface area (TPSA) is 81.4 Å². The van der Waals surface area contributed by atoms with Crippen LogP contribution in [0.15, 0.2) is 24.3 Å². The number of nitrogens with one attached hydrogen (secondary N) is 1. The number of benzene rings is 1. The van der Waals surface area contributed by atoms with Crippen LogP contribution in [0.2, 0.25) is 0 Å². The van der Waals surface area contributed by atoms with Gasteiger partial charge in [-0.25, -0.2) is 0 Å². The van der Waals surface area contributed by atoms with Gasteiger partial charge in [0.1, 0.15) is 0 Å². The molecular formula is C12H16N2O3. The molecule has 3 N–H and O–H groups in total. The van der Waals surface area contributed by atoms with Crippen molar-refractivity contribution in [2.75, 3.05) is 19.0 Å². The highest BCUT2D eigenvalue weighted by molar-refractivity contribution is 5.88. The van der Waals surface area contributed by atoms with Crippen LogP contribution in [0.25, 0.3) is 0 Å². The van der Waals surface area contributed by atoms with Crippen LogP contribution in [-0.4, -0.2) is 25.5 Å². The molecule has 1 atom stereocenters. The molecule has 0 fully saturated rings. The smallest absolute Gasteiger partial charge is 0.314 e. The van der Waals surface area contributed by atoms with Crippen molar-refractivity contribution in [1.29, 1.82) is 0 Å². The van der Waals surface area contributed by atoms with Gasteiger partial charge in [0.2, 0.25) is 5.91 Å². The summed E-state index contributed by atoms with van der Waals surface area (Å²) in [5, 5.41) is 2.65. The molecule has 0 heterocycles. The van der Waals surface area contributed by atoms with E-state index in [-0.39, 0.29) is 18.4 Å². The van der Waals surface area contributed by atoms with Crippen molar-refractivity contribution in [3.8, 4) is 0 Å². The molecular weight excluding hydrogens is 220 g/mol. The molecule has 0 bridgehead atoms. The fourth-order valence-electron chi connectivity index (χ4n) is 1.51. The number of hydrogen-bond acceptors (Lipinski definition) is 4. The number of carbonyl (C=O) groups excluding carboxylic acids is 2. The van der Waals surface area contributed by atoms with Crippen LogP contribution in [0.1, 0.15) is 18.4 Å². The predicted octanol–water partition coefficient (Wildman–Crippen LogP) is 0.860. The second-order valence-electron chi connectivity index (χ2n) is 3.61. The first kappa shape index (κ1) is 13.2. The zero-order valence-electron chi connectivity index (χ0n) is 9.90. The number of ether oxygens (including phenoxy) is 1. The molecule has 1 aromatic carbocycles. The third kappa shape index (κ3) is 3.57. The van der Waals surface area contributed by atoms with E-state index in [1.165, 1.54) is 14.0 Å². The van der Waals surface area contributed by atoms with Crippen LogP contribution in [0.3, 0.4) is 0 Å². The Kier molecular flexibility index (Phi) is 4.66. The van der Waals surface area contributed by atoms with E-state index in [1.807, 2.05) is 0 Å². The Bertz CT molecular complexity index is 401. The lowest BCUT2D eigenvalue weighted by Crippen LogP contribution is -2.22. The van der Waals surface area contributed by atoms with Gasteiger partial charge in [-0.3, -0.25) is 9.59 Å². The Balaban J connectivity index is 2.85. The predicted molar refractivity (Wildman–Crippen MR) is 64.6 cm³/mol. The van der Waals surface area contributed by atoms with Gasteiger partial charge in [0.25, 0.3) is 0 Å². The average Bonchev–Trinajstić information content (AvgIpc) is 2.31. The van der Waals surface area contributed by atoms with Crippen molar-refractivity contribution in [2.45, 2.75) is 12.8 Å². The molecule has 0 saturated carbocycles. The first-order valence-electron chi connectivity index (χ1n) is 5.24. The molecule has 17 heavy (non-hydrogen) atoms. The van der Waals surface area contributed by atoms with Crippen LogP contribution >= 0.6 is 0 Å². The largest absolute Gasteiger partial charge is 0.469 e.